The Morgan fingerprint density at radius 1 is 1.15 bits per heavy atom. The molecule has 1 fully saturated rings. The molecular weight excluding hydrogens is 440 g/mol. The van der Waals surface area contributed by atoms with E-state index in [0.29, 0.717) is 6.54 Å². The number of aromatic nitrogens is 2. The maximum atomic E-state index is 13.5. The molecular formula is C25H23F2N5O2. The van der Waals surface area contributed by atoms with Crippen molar-refractivity contribution in [1.29, 1.82) is 5.26 Å². The summed E-state index contributed by atoms with van der Waals surface area (Å²) in [6.07, 6.45) is 2.24. The SMILES string of the molecule is Cc1ccc(-c2ccc(Cn3cc(C(=O)NCC(=O)N4CC(F)(F)C[C@H]4C#N)cn3)cc2)cc1. The van der Waals surface area contributed by atoms with E-state index >= 15 is 0 Å². The first-order valence-corrected chi connectivity index (χ1v) is 10.8. The van der Waals surface area contributed by atoms with Crippen molar-refractivity contribution in [3.05, 3.63) is 77.6 Å². The minimum absolute atomic E-state index is 0.243. The van der Waals surface area contributed by atoms with E-state index in [-0.39, 0.29) is 5.56 Å². The molecule has 0 radical (unpaired) electrons. The summed E-state index contributed by atoms with van der Waals surface area (Å²) in [5.41, 5.74) is 4.67. The van der Waals surface area contributed by atoms with E-state index in [2.05, 4.69) is 34.7 Å². The molecule has 1 aliphatic heterocycles. The number of benzene rings is 2. The lowest BCUT2D eigenvalue weighted by Gasteiger charge is -2.19. The smallest absolute Gasteiger partial charge is 0.268 e. The second-order valence-electron chi connectivity index (χ2n) is 8.40. The van der Waals surface area contributed by atoms with Crippen molar-refractivity contribution >= 4 is 11.8 Å². The van der Waals surface area contributed by atoms with Crippen LogP contribution in [0.25, 0.3) is 11.1 Å². The summed E-state index contributed by atoms with van der Waals surface area (Å²) in [6, 6.07) is 16.8. The van der Waals surface area contributed by atoms with E-state index in [0.717, 1.165) is 21.6 Å². The number of nitrogens with one attached hydrogen (secondary N) is 1. The van der Waals surface area contributed by atoms with Gasteiger partial charge in [0.2, 0.25) is 5.91 Å². The molecule has 1 N–H and O–H groups in total. The van der Waals surface area contributed by atoms with Gasteiger partial charge in [-0.05, 0) is 23.6 Å². The number of nitrogens with zero attached hydrogens (tertiary/aromatic N) is 4. The van der Waals surface area contributed by atoms with Gasteiger partial charge in [-0.15, -0.1) is 0 Å². The molecule has 2 heterocycles. The van der Waals surface area contributed by atoms with Gasteiger partial charge in [0, 0.05) is 12.6 Å². The number of carbonyl (C=O) groups is 2. The molecule has 1 atom stereocenters. The Morgan fingerprint density at radius 2 is 1.79 bits per heavy atom. The Kier molecular flexibility index (Phi) is 6.41. The fraction of sp³-hybridized carbons (Fsp3) is 0.280. The van der Waals surface area contributed by atoms with Gasteiger partial charge in [0.25, 0.3) is 11.8 Å². The second kappa shape index (κ2) is 9.43. The van der Waals surface area contributed by atoms with Crippen LogP contribution in [0.15, 0.2) is 60.9 Å². The number of amides is 2. The van der Waals surface area contributed by atoms with Gasteiger partial charge in [-0.1, -0.05) is 54.1 Å². The average molecular weight is 463 g/mol. The predicted octanol–water partition coefficient (Wildman–Crippen LogP) is 3.40. The van der Waals surface area contributed by atoms with E-state index in [1.54, 1.807) is 16.9 Å². The van der Waals surface area contributed by atoms with Crippen LogP contribution < -0.4 is 5.32 Å². The van der Waals surface area contributed by atoms with Gasteiger partial charge in [-0.3, -0.25) is 14.3 Å². The third-order valence-electron chi connectivity index (χ3n) is 5.72. The van der Waals surface area contributed by atoms with Gasteiger partial charge < -0.3 is 10.2 Å². The van der Waals surface area contributed by atoms with Crippen molar-refractivity contribution in [1.82, 2.24) is 20.0 Å². The Hall–Kier alpha value is -4.06. The summed E-state index contributed by atoms with van der Waals surface area (Å²) in [5.74, 6) is -4.37. The van der Waals surface area contributed by atoms with Gasteiger partial charge in [-0.25, -0.2) is 8.78 Å². The van der Waals surface area contributed by atoms with Crippen LogP contribution in [-0.2, 0) is 11.3 Å². The molecule has 174 valence electrons. The molecule has 1 aromatic heterocycles. The third kappa shape index (κ3) is 5.29. The summed E-state index contributed by atoms with van der Waals surface area (Å²) in [6.45, 7) is 1.20. The van der Waals surface area contributed by atoms with Gasteiger partial charge >= 0.3 is 0 Å². The number of likely N-dealkylation sites (tertiary alicyclic amines) is 1. The average Bonchev–Trinajstić information content (AvgIpc) is 3.42. The van der Waals surface area contributed by atoms with Crippen molar-refractivity contribution in [2.24, 2.45) is 0 Å². The van der Waals surface area contributed by atoms with Crippen LogP contribution >= 0.6 is 0 Å². The molecule has 0 saturated carbocycles. The summed E-state index contributed by atoms with van der Waals surface area (Å²) in [5, 5.41) is 15.6. The summed E-state index contributed by atoms with van der Waals surface area (Å²) in [7, 11) is 0. The highest BCUT2D eigenvalue weighted by molar-refractivity contribution is 5.96. The minimum Gasteiger partial charge on any atom is -0.343 e. The lowest BCUT2D eigenvalue weighted by atomic mass is 10.0. The highest BCUT2D eigenvalue weighted by atomic mass is 19.3. The normalized spacial score (nSPS) is 16.8. The highest BCUT2D eigenvalue weighted by Gasteiger charge is 2.47. The molecule has 3 aromatic rings. The van der Waals surface area contributed by atoms with Gasteiger partial charge in [0.15, 0.2) is 0 Å². The molecule has 0 bridgehead atoms. The van der Waals surface area contributed by atoms with Gasteiger partial charge in [0.1, 0.15) is 6.04 Å². The van der Waals surface area contributed by atoms with Crippen molar-refractivity contribution in [3.63, 3.8) is 0 Å². The van der Waals surface area contributed by atoms with Crippen molar-refractivity contribution < 1.29 is 18.4 Å². The van der Waals surface area contributed by atoms with E-state index in [4.69, 9.17) is 5.26 Å². The van der Waals surface area contributed by atoms with Crippen molar-refractivity contribution in [3.8, 4) is 17.2 Å². The van der Waals surface area contributed by atoms with Gasteiger partial charge in [0.05, 0.1) is 37.5 Å². The van der Waals surface area contributed by atoms with Crippen LogP contribution in [0.4, 0.5) is 8.78 Å². The number of carbonyl (C=O) groups excluding carboxylic acids is 2. The first-order valence-electron chi connectivity index (χ1n) is 10.8. The van der Waals surface area contributed by atoms with Crippen molar-refractivity contribution in [2.45, 2.75) is 31.9 Å². The van der Waals surface area contributed by atoms with E-state index in [9.17, 15) is 18.4 Å². The first-order chi connectivity index (χ1) is 16.2. The fourth-order valence-corrected chi connectivity index (χ4v) is 3.86. The number of hydrogen-bond acceptors (Lipinski definition) is 4. The zero-order valence-electron chi connectivity index (χ0n) is 18.5. The maximum absolute atomic E-state index is 13.5. The minimum atomic E-state index is -3.10. The van der Waals surface area contributed by atoms with Crippen LogP contribution in [0.2, 0.25) is 0 Å². The zero-order chi connectivity index (χ0) is 24.3. The fourth-order valence-electron chi connectivity index (χ4n) is 3.86. The molecule has 1 aliphatic rings. The van der Waals surface area contributed by atoms with Gasteiger partial charge in [-0.2, -0.15) is 10.4 Å². The maximum Gasteiger partial charge on any atom is 0.268 e. The molecule has 4 rings (SSSR count). The molecule has 2 amide bonds. The Labute approximate surface area is 195 Å². The second-order valence-corrected chi connectivity index (χ2v) is 8.40. The molecule has 34 heavy (non-hydrogen) atoms. The Balaban J connectivity index is 1.32. The Morgan fingerprint density at radius 3 is 2.44 bits per heavy atom. The monoisotopic (exact) mass is 463 g/mol. The summed E-state index contributed by atoms with van der Waals surface area (Å²) in [4.78, 5) is 25.4. The third-order valence-corrected chi connectivity index (χ3v) is 5.72. The number of halogens is 2. The first kappa shape index (κ1) is 23.1. The quantitative estimate of drug-likeness (QED) is 0.607. The van der Waals surface area contributed by atoms with Crippen LogP contribution in [0.1, 0.15) is 27.9 Å². The van der Waals surface area contributed by atoms with E-state index < -0.39 is 43.3 Å². The molecule has 0 aliphatic carbocycles. The van der Waals surface area contributed by atoms with Crippen LogP contribution in [0.5, 0.6) is 0 Å². The molecule has 2 aromatic carbocycles. The lowest BCUT2D eigenvalue weighted by molar-refractivity contribution is -0.131. The lowest BCUT2D eigenvalue weighted by Crippen LogP contribution is -2.42. The molecule has 0 spiro atoms. The number of hydrogen-bond donors (Lipinski definition) is 1. The molecule has 9 heteroatoms. The number of aryl methyl sites for hydroxylation is 1. The topological polar surface area (TPSA) is 91.0 Å². The Bertz CT molecular complexity index is 1230. The van der Waals surface area contributed by atoms with Crippen LogP contribution in [0.3, 0.4) is 0 Å². The standard InChI is InChI=1S/C25H23F2N5O2/c1-17-2-6-19(7-3-17)20-8-4-18(5-9-20)14-31-15-21(12-30-31)24(34)29-13-23(33)32-16-25(26,27)10-22(32)11-28/h2-9,12,15,22H,10,13-14,16H2,1H3,(H,29,34)/t22-/m0/s1. The zero-order valence-corrected chi connectivity index (χ0v) is 18.5. The highest BCUT2D eigenvalue weighted by Crippen LogP contribution is 2.31. The van der Waals surface area contributed by atoms with Crippen molar-refractivity contribution in [2.75, 3.05) is 13.1 Å². The molecule has 0 unspecified atom stereocenters. The number of nitriles is 1. The molecule has 7 nitrogen and oxygen atoms in total. The molecule has 1 saturated heterocycles. The van der Waals surface area contributed by atoms with Crippen LogP contribution in [0, 0.1) is 18.3 Å². The summed E-state index contributed by atoms with van der Waals surface area (Å²) >= 11 is 0. The number of rotatable bonds is 6. The number of alkyl halides is 2. The predicted molar refractivity (Wildman–Crippen MR) is 121 cm³/mol. The largest absolute Gasteiger partial charge is 0.343 e. The van der Waals surface area contributed by atoms with E-state index in [1.807, 2.05) is 31.2 Å². The van der Waals surface area contributed by atoms with Crippen LogP contribution in [-0.4, -0.2) is 51.5 Å². The van der Waals surface area contributed by atoms with E-state index in [1.165, 1.54) is 11.8 Å². The summed E-state index contributed by atoms with van der Waals surface area (Å²) < 4.78 is 28.6.